The molecule has 108 valence electrons. The second kappa shape index (κ2) is 6.73. The Hall–Kier alpha value is -1.58. The van der Waals surface area contributed by atoms with Gasteiger partial charge in [0.2, 0.25) is 0 Å². The van der Waals surface area contributed by atoms with Gasteiger partial charge in [0.1, 0.15) is 11.9 Å². The molecule has 0 atom stereocenters. The van der Waals surface area contributed by atoms with Gasteiger partial charge < -0.3 is 9.74 Å². The molecule has 4 heteroatoms. The van der Waals surface area contributed by atoms with E-state index in [2.05, 4.69) is 21.1 Å². The van der Waals surface area contributed by atoms with Crippen LogP contribution >= 0.6 is 0 Å². The summed E-state index contributed by atoms with van der Waals surface area (Å²) in [5.74, 6) is 1.07. The first-order chi connectivity index (χ1) is 9.92. The predicted molar refractivity (Wildman–Crippen MR) is 81.1 cm³/mol. The minimum Gasteiger partial charge on any atom is -0.393 e. The van der Waals surface area contributed by atoms with Crippen LogP contribution in [0.3, 0.4) is 0 Å². The number of pyridine rings is 1. The van der Waals surface area contributed by atoms with E-state index < -0.39 is 0 Å². The molecule has 1 aromatic heterocycles. The zero-order valence-corrected chi connectivity index (χ0v) is 12.0. The topological polar surface area (TPSA) is 37.7 Å². The lowest BCUT2D eigenvalue weighted by molar-refractivity contribution is 0.0321. The van der Waals surface area contributed by atoms with Crippen LogP contribution in [0.1, 0.15) is 44.9 Å². The molecule has 1 aliphatic heterocycles. The first-order valence-electron chi connectivity index (χ1n) is 7.79. The van der Waals surface area contributed by atoms with Crippen LogP contribution in [-0.2, 0) is 4.84 Å². The summed E-state index contributed by atoms with van der Waals surface area (Å²) in [4.78, 5) is 12.4. The molecule has 3 rings (SSSR count). The summed E-state index contributed by atoms with van der Waals surface area (Å²) in [5.41, 5.74) is 1.21. The molecular weight excluding hydrogens is 250 g/mol. The standard InChI is InChI=1S/C16H23N3O/c1-2-6-15(7-3-1)20-18-14-9-12-19(13-10-14)16-8-4-5-11-17-16/h4-5,8,11,15H,1-3,6-7,9-10,12-13H2. The van der Waals surface area contributed by atoms with Crippen LogP contribution in [0.5, 0.6) is 0 Å². The van der Waals surface area contributed by atoms with Crippen molar-refractivity contribution in [3.05, 3.63) is 24.4 Å². The van der Waals surface area contributed by atoms with Crippen LogP contribution in [-0.4, -0.2) is 29.9 Å². The first kappa shape index (κ1) is 13.4. The van der Waals surface area contributed by atoms with Gasteiger partial charge in [0, 0.05) is 32.1 Å². The van der Waals surface area contributed by atoms with E-state index in [1.54, 1.807) is 0 Å². The summed E-state index contributed by atoms with van der Waals surface area (Å²) in [6.07, 6.45) is 10.5. The lowest BCUT2D eigenvalue weighted by Crippen LogP contribution is -2.34. The Morgan fingerprint density at radius 2 is 1.90 bits per heavy atom. The van der Waals surface area contributed by atoms with E-state index in [1.165, 1.54) is 37.8 Å². The van der Waals surface area contributed by atoms with Crippen LogP contribution < -0.4 is 4.90 Å². The van der Waals surface area contributed by atoms with Crippen molar-refractivity contribution < 1.29 is 4.84 Å². The normalized spacial score (nSPS) is 20.8. The number of piperidine rings is 1. The SMILES string of the molecule is c1ccc(N2CCC(=NOC3CCCCC3)CC2)nc1. The Morgan fingerprint density at radius 3 is 2.60 bits per heavy atom. The van der Waals surface area contributed by atoms with Crippen molar-refractivity contribution in [1.29, 1.82) is 0 Å². The molecular formula is C16H23N3O. The molecule has 0 aromatic carbocycles. The largest absolute Gasteiger partial charge is 0.393 e. The second-order valence-electron chi connectivity index (χ2n) is 5.70. The molecule has 0 N–H and O–H groups in total. The van der Waals surface area contributed by atoms with Gasteiger partial charge in [-0.05, 0) is 37.8 Å². The van der Waals surface area contributed by atoms with Crippen molar-refractivity contribution in [3.63, 3.8) is 0 Å². The number of rotatable bonds is 3. The number of nitrogens with zero attached hydrogens (tertiary/aromatic N) is 3. The van der Waals surface area contributed by atoms with Crippen molar-refractivity contribution in [2.24, 2.45) is 5.16 Å². The van der Waals surface area contributed by atoms with Crippen molar-refractivity contribution >= 4 is 11.5 Å². The number of aromatic nitrogens is 1. The molecule has 2 aliphatic rings. The molecule has 1 saturated heterocycles. The third-order valence-corrected chi connectivity index (χ3v) is 4.20. The van der Waals surface area contributed by atoms with Gasteiger partial charge in [0.05, 0.1) is 5.71 Å². The fourth-order valence-corrected chi connectivity index (χ4v) is 2.95. The summed E-state index contributed by atoms with van der Waals surface area (Å²) >= 11 is 0. The van der Waals surface area contributed by atoms with Crippen molar-refractivity contribution in [2.75, 3.05) is 18.0 Å². The highest BCUT2D eigenvalue weighted by Crippen LogP contribution is 2.21. The molecule has 1 saturated carbocycles. The number of hydrogen-bond acceptors (Lipinski definition) is 4. The maximum absolute atomic E-state index is 5.72. The van der Waals surface area contributed by atoms with Crippen LogP contribution in [0.25, 0.3) is 0 Å². The van der Waals surface area contributed by atoms with Gasteiger partial charge >= 0.3 is 0 Å². The van der Waals surface area contributed by atoms with Crippen LogP contribution in [0, 0.1) is 0 Å². The minimum absolute atomic E-state index is 0.366. The van der Waals surface area contributed by atoms with Crippen LogP contribution in [0.15, 0.2) is 29.6 Å². The van der Waals surface area contributed by atoms with E-state index in [0.717, 1.165) is 31.7 Å². The molecule has 0 unspecified atom stereocenters. The van der Waals surface area contributed by atoms with Gasteiger partial charge in [-0.25, -0.2) is 4.98 Å². The summed E-state index contributed by atoms with van der Waals surface area (Å²) in [5, 5.41) is 4.40. The molecule has 1 aliphatic carbocycles. The Balaban J connectivity index is 1.48. The number of oxime groups is 1. The smallest absolute Gasteiger partial charge is 0.128 e. The number of anilines is 1. The van der Waals surface area contributed by atoms with Crippen LogP contribution in [0.2, 0.25) is 0 Å². The second-order valence-corrected chi connectivity index (χ2v) is 5.70. The average molecular weight is 273 g/mol. The van der Waals surface area contributed by atoms with E-state index in [0.29, 0.717) is 6.10 Å². The highest BCUT2D eigenvalue weighted by Gasteiger charge is 2.18. The average Bonchev–Trinajstić information content (AvgIpc) is 2.55. The van der Waals surface area contributed by atoms with E-state index in [-0.39, 0.29) is 0 Å². The molecule has 0 amide bonds. The summed E-state index contributed by atoms with van der Waals surface area (Å²) in [7, 11) is 0. The molecule has 20 heavy (non-hydrogen) atoms. The lowest BCUT2D eigenvalue weighted by atomic mass is 9.98. The van der Waals surface area contributed by atoms with E-state index >= 15 is 0 Å². The molecule has 1 aromatic rings. The van der Waals surface area contributed by atoms with Gasteiger partial charge in [-0.3, -0.25) is 0 Å². The maximum atomic E-state index is 5.72. The summed E-state index contributed by atoms with van der Waals surface area (Å²) in [6, 6.07) is 6.07. The Morgan fingerprint density at radius 1 is 1.10 bits per heavy atom. The Kier molecular flexibility index (Phi) is 4.51. The monoisotopic (exact) mass is 273 g/mol. The van der Waals surface area contributed by atoms with Crippen LogP contribution in [0.4, 0.5) is 5.82 Å². The first-order valence-corrected chi connectivity index (χ1v) is 7.79. The van der Waals surface area contributed by atoms with E-state index in [1.807, 2.05) is 18.3 Å². The van der Waals surface area contributed by atoms with Gasteiger partial charge in [0.15, 0.2) is 0 Å². The fourth-order valence-electron chi connectivity index (χ4n) is 2.95. The van der Waals surface area contributed by atoms with Gasteiger partial charge in [-0.15, -0.1) is 0 Å². The van der Waals surface area contributed by atoms with E-state index in [9.17, 15) is 0 Å². The third kappa shape index (κ3) is 3.50. The summed E-state index contributed by atoms with van der Waals surface area (Å²) in [6.45, 7) is 1.98. The number of hydrogen-bond donors (Lipinski definition) is 0. The Labute approximate surface area is 120 Å². The van der Waals surface area contributed by atoms with Gasteiger partial charge in [-0.2, -0.15) is 0 Å². The zero-order chi connectivity index (χ0) is 13.6. The fraction of sp³-hybridized carbons (Fsp3) is 0.625. The summed E-state index contributed by atoms with van der Waals surface area (Å²) < 4.78 is 0. The molecule has 0 radical (unpaired) electrons. The zero-order valence-electron chi connectivity index (χ0n) is 12.0. The quantitative estimate of drug-likeness (QED) is 0.792. The third-order valence-electron chi connectivity index (χ3n) is 4.20. The van der Waals surface area contributed by atoms with Gasteiger partial charge in [-0.1, -0.05) is 17.6 Å². The Bertz CT molecular complexity index is 430. The molecule has 2 fully saturated rings. The molecule has 0 spiro atoms. The van der Waals surface area contributed by atoms with Crippen molar-refractivity contribution in [2.45, 2.75) is 51.0 Å². The van der Waals surface area contributed by atoms with Crippen molar-refractivity contribution in [1.82, 2.24) is 4.98 Å². The van der Waals surface area contributed by atoms with Crippen molar-refractivity contribution in [3.8, 4) is 0 Å². The molecule has 4 nitrogen and oxygen atoms in total. The van der Waals surface area contributed by atoms with E-state index in [4.69, 9.17) is 4.84 Å². The van der Waals surface area contributed by atoms with Gasteiger partial charge in [0.25, 0.3) is 0 Å². The molecule has 0 bridgehead atoms. The predicted octanol–water partition coefficient (Wildman–Crippen LogP) is 3.39. The minimum atomic E-state index is 0.366. The molecule has 2 heterocycles. The highest BCUT2D eigenvalue weighted by molar-refractivity contribution is 5.86. The lowest BCUT2D eigenvalue weighted by Gasteiger charge is -2.28. The highest BCUT2D eigenvalue weighted by atomic mass is 16.6. The maximum Gasteiger partial charge on any atom is 0.128 e.